The summed E-state index contributed by atoms with van der Waals surface area (Å²) in [4.78, 5) is 0. The van der Waals surface area contributed by atoms with Gasteiger partial charge in [0.25, 0.3) is 0 Å². The van der Waals surface area contributed by atoms with Gasteiger partial charge in [-0.3, -0.25) is 0 Å². The highest BCUT2D eigenvalue weighted by Crippen LogP contribution is 2.61. The highest BCUT2D eigenvalue weighted by atomic mass is 16.5. The van der Waals surface area contributed by atoms with Gasteiger partial charge in [0.15, 0.2) is 11.5 Å². The summed E-state index contributed by atoms with van der Waals surface area (Å²) in [5, 5.41) is 10.1. The van der Waals surface area contributed by atoms with E-state index in [-0.39, 0.29) is 5.75 Å². The maximum absolute atomic E-state index is 10.1. The minimum Gasteiger partial charge on any atom is -0.502 e. The van der Waals surface area contributed by atoms with Gasteiger partial charge in [-0.15, -0.1) is 0 Å². The van der Waals surface area contributed by atoms with Crippen LogP contribution in [0.4, 0.5) is 0 Å². The molecule has 4 fully saturated rings. The molecule has 3 nitrogen and oxygen atoms in total. The Labute approximate surface area is 126 Å². The minimum atomic E-state index is 0.119. The Bertz CT molecular complexity index is 503. The van der Waals surface area contributed by atoms with Crippen molar-refractivity contribution in [3.05, 3.63) is 17.7 Å². The molecule has 114 valence electrons. The maximum Gasteiger partial charge on any atom is 0.200 e. The van der Waals surface area contributed by atoms with E-state index in [1.807, 2.05) is 12.1 Å². The van der Waals surface area contributed by atoms with Crippen molar-refractivity contribution in [2.45, 2.75) is 43.9 Å². The SMILES string of the molecule is COc1cc(C23CC4CC(CC(C4)C2)C3)cc(OC)c1O. The number of phenolic OH excluding ortho intramolecular Hbond substituents is 1. The fourth-order valence-corrected chi connectivity index (χ4v) is 5.66. The molecular weight excluding hydrogens is 264 g/mol. The first-order valence-electron chi connectivity index (χ1n) is 8.09. The number of benzene rings is 1. The van der Waals surface area contributed by atoms with Crippen LogP contribution < -0.4 is 9.47 Å². The lowest BCUT2D eigenvalue weighted by Gasteiger charge is -2.57. The van der Waals surface area contributed by atoms with Gasteiger partial charge in [-0.1, -0.05) is 0 Å². The van der Waals surface area contributed by atoms with Gasteiger partial charge in [-0.2, -0.15) is 0 Å². The topological polar surface area (TPSA) is 38.7 Å². The van der Waals surface area contributed by atoms with E-state index in [0.717, 1.165) is 17.8 Å². The molecule has 3 heteroatoms. The number of methoxy groups -OCH3 is 2. The second-order valence-electron chi connectivity index (χ2n) is 7.43. The summed E-state index contributed by atoms with van der Waals surface area (Å²) in [5.41, 5.74) is 1.61. The number of hydrogen-bond acceptors (Lipinski definition) is 3. The third kappa shape index (κ3) is 1.93. The lowest BCUT2D eigenvalue weighted by Crippen LogP contribution is -2.48. The third-order valence-electron chi connectivity index (χ3n) is 6.13. The van der Waals surface area contributed by atoms with E-state index in [1.54, 1.807) is 14.2 Å². The van der Waals surface area contributed by atoms with Crippen LogP contribution >= 0.6 is 0 Å². The molecule has 0 aromatic heterocycles. The molecule has 0 aliphatic heterocycles. The van der Waals surface area contributed by atoms with Crippen LogP contribution in [-0.2, 0) is 5.41 Å². The van der Waals surface area contributed by atoms with Crippen molar-refractivity contribution in [1.82, 2.24) is 0 Å². The Morgan fingerprint density at radius 3 is 1.71 bits per heavy atom. The first-order chi connectivity index (χ1) is 10.1. The summed E-state index contributed by atoms with van der Waals surface area (Å²) in [6.07, 6.45) is 8.21. The Morgan fingerprint density at radius 1 is 0.905 bits per heavy atom. The summed E-state index contributed by atoms with van der Waals surface area (Å²) in [7, 11) is 3.22. The zero-order valence-corrected chi connectivity index (χ0v) is 12.9. The van der Waals surface area contributed by atoms with Gasteiger partial charge >= 0.3 is 0 Å². The molecule has 4 bridgehead atoms. The number of aromatic hydroxyl groups is 1. The van der Waals surface area contributed by atoms with Crippen molar-refractivity contribution in [2.75, 3.05) is 14.2 Å². The van der Waals surface area contributed by atoms with Crippen molar-refractivity contribution >= 4 is 0 Å². The van der Waals surface area contributed by atoms with E-state index in [4.69, 9.17) is 9.47 Å². The number of rotatable bonds is 3. The zero-order valence-electron chi connectivity index (χ0n) is 12.9. The minimum absolute atomic E-state index is 0.119. The number of ether oxygens (including phenoxy) is 2. The fraction of sp³-hybridized carbons (Fsp3) is 0.667. The number of phenols is 1. The van der Waals surface area contributed by atoms with Gasteiger partial charge in [0.2, 0.25) is 5.75 Å². The van der Waals surface area contributed by atoms with Crippen LogP contribution in [0.5, 0.6) is 17.2 Å². The first-order valence-corrected chi connectivity index (χ1v) is 8.09. The second kappa shape index (κ2) is 4.56. The van der Waals surface area contributed by atoms with Gasteiger partial charge in [0.05, 0.1) is 14.2 Å². The average molecular weight is 288 g/mol. The highest BCUT2D eigenvalue weighted by molar-refractivity contribution is 5.54. The molecule has 4 aliphatic rings. The molecule has 0 spiro atoms. The predicted octanol–water partition coefficient (Wildman–Crippen LogP) is 3.88. The molecule has 21 heavy (non-hydrogen) atoms. The van der Waals surface area contributed by atoms with E-state index in [9.17, 15) is 5.11 Å². The Hall–Kier alpha value is -1.38. The number of hydrogen-bond donors (Lipinski definition) is 1. The van der Waals surface area contributed by atoms with Crippen LogP contribution in [0.3, 0.4) is 0 Å². The lowest BCUT2D eigenvalue weighted by molar-refractivity contribution is -0.00537. The Morgan fingerprint density at radius 2 is 1.33 bits per heavy atom. The molecule has 4 aliphatic carbocycles. The molecule has 0 heterocycles. The third-order valence-corrected chi connectivity index (χ3v) is 6.13. The van der Waals surface area contributed by atoms with Crippen molar-refractivity contribution in [3.8, 4) is 17.2 Å². The molecule has 1 aromatic carbocycles. The molecule has 4 saturated carbocycles. The Kier molecular flexibility index (Phi) is 2.88. The Balaban J connectivity index is 1.79. The summed E-state index contributed by atoms with van der Waals surface area (Å²) >= 11 is 0. The van der Waals surface area contributed by atoms with Gasteiger partial charge in [0, 0.05) is 0 Å². The van der Waals surface area contributed by atoms with E-state index in [1.165, 1.54) is 44.1 Å². The summed E-state index contributed by atoms with van der Waals surface area (Å²) in [6, 6.07) is 4.09. The van der Waals surface area contributed by atoms with Gasteiger partial charge in [0.1, 0.15) is 0 Å². The molecule has 0 atom stereocenters. The van der Waals surface area contributed by atoms with Crippen molar-refractivity contribution < 1.29 is 14.6 Å². The normalized spacial score (nSPS) is 36.8. The van der Waals surface area contributed by atoms with Crippen molar-refractivity contribution in [3.63, 3.8) is 0 Å². The predicted molar refractivity (Wildman–Crippen MR) is 81.1 cm³/mol. The van der Waals surface area contributed by atoms with E-state index in [2.05, 4.69) is 0 Å². The van der Waals surface area contributed by atoms with E-state index >= 15 is 0 Å². The fourth-order valence-electron chi connectivity index (χ4n) is 5.66. The molecular formula is C18H24O3. The quantitative estimate of drug-likeness (QED) is 0.917. The highest BCUT2D eigenvalue weighted by Gasteiger charge is 2.51. The lowest BCUT2D eigenvalue weighted by atomic mass is 9.48. The van der Waals surface area contributed by atoms with Crippen molar-refractivity contribution in [1.29, 1.82) is 0 Å². The molecule has 0 radical (unpaired) electrons. The molecule has 1 aromatic rings. The molecule has 0 saturated heterocycles. The molecule has 0 amide bonds. The first kappa shape index (κ1) is 13.3. The zero-order chi connectivity index (χ0) is 14.6. The second-order valence-corrected chi connectivity index (χ2v) is 7.43. The molecule has 1 N–H and O–H groups in total. The summed E-state index contributed by atoms with van der Waals surface area (Å²) in [5.74, 6) is 3.92. The van der Waals surface area contributed by atoms with Gasteiger partial charge in [-0.05, 0) is 79.4 Å². The van der Waals surface area contributed by atoms with Crippen LogP contribution in [0, 0.1) is 17.8 Å². The molecule has 0 unspecified atom stereocenters. The van der Waals surface area contributed by atoms with Crippen LogP contribution in [0.15, 0.2) is 12.1 Å². The smallest absolute Gasteiger partial charge is 0.200 e. The van der Waals surface area contributed by atoms with Crippen molar-refractivity contribution in [2.24, 2.45) is 17.8 Å². The standard InChI is InChI=1S/C18H24O3/c1-20-15-6-14(7-16(21-2)17(15)19)18-8-11-3-12(9-18)5-13(4-11)10-18/h6-7,11-13,19H,3-5,8-10H2,1-2H3. The van der Waals surface area contributed by atoms with Crippen LogP contribution in [-0.4, -0.2) is 19.3 Å². The van der Waals surface area contributed by atoms with E-state index in [0.29, 0.717) is 16.9 Å². The summed E-state index contributed by atoms with van der Waals surface area (Å²) < 4.78 is 10.7. The van der Waals surface area contributed by atoms with Crippen LogP contribution in [0.1, 0.15) is 44.1 Å². The van der Waals surface area contributed by atoms with E-state index < -0.39 is 0 Å². The summed E-state index contributed by atoms with van der Waals surface area (Å²) in [6.45, 7) is 0. The average Bonchev–Trinajstić information content (AvgIpc) is 2.46. The largest absolute Gasteiger partial charge is 0.502 e. The van der Waals surface area contributed by atoms with Gasteiger partial charge < -0.3 is 14.6 Å². The van der Waals surface area contributed by atoms with Crippen LogP contribution in [0.25, 0.3) is 0 Å². The molecule has 5 rings (SSSR count). The monoisotopic (exact) mass is 288 g/mol. The van der Waals surface area contributed by atoms with Gasteiger partial charge in [-0.25, -0.2) is 0 Å². The van der Waals surface area contributed by atoms with Crippen LogP contribution in [0.2, 0.25) is 0 Å². The maximum atomic E-state index is 10.1.